The molecule has 0 amide bonds. The van der Waals surface area contributed by atoms with Gasteiger partial charge in [0.25, 0.3) is 0 Å². The second kappa shape index (κ2) is 4.75. The normalized spacial score (nSPS) is 12.3. The monoisotopic (exact) mass is 255 g/mol. The molecular formula is C11H24GaNO. The third-order valence-corrected chi connectivity index (χ3v) is 9.18. The molecule has 0 aromatic heterocycles. The fourth-order valence-electron chi connectivity index (χ4n) is 1.77. The van der Waals surface area contributed by atoms with Crippen molar-refractivity contribution in [2.45, 2.75) is 63.3 Å². The molecule has 0 aliphatic rings. The molecule has 0 N–H and O–H groups in total. The standard InChI is InChI=1S/2C4H9.C3H7NO.Ga/c2*1-4(2)3;1-3(2)4-5;/h2*1-3H3;5H,1-2H3;/q;;;+1/p-1. The van der Waals surface area contributed by atoms with Crippen molar-refractivity contribution in [1.82, 2.24) is 0 Å². The molecule has 0 saturated heterocycles. The predicted octanol–water partition coefficient (Wildman–Crippen LogP) is 3.99. The van der Waals surface area contributed by atoms with Crippen LogP contribution < -0.4 is 0 Å². The number of hydrogen-bond donors (Lipinski definition) is 0. The van der Waals surface area contributed by atoms with Crippen molar-refractivity contribution in [2.24, 2.45) is 5.16 Å². The summed E-state index contributed by atoms with van der Waals surface area (Å²) in [6, 6.07) is 0. The third kappa shape index (κ3) is 5.10. The van der Waals surface area contributed by atoms with Gasteiger partial charge >= 0.3 is 94.4 Å². The second-order valence-electron chi connectivity index (χ2n) is 6.26. The summed E-state index contributed by atoms with van der Waals surface area (Å²) in [6.07, 6.45) is 0. The zero-order chi connectivity index (χ0) is 11.6. The van der Waals surface area contributed by atoms with Crippen LogP contribution >= 0.6 is 0 Å². The molecule has 0 bridgehead atoms. The topological polar surface area (TPSA) is 21.6 Å². The van der Waals surface area contributed by atoms with Crippen LogP contribution in [-0.4, -0.2) is 22.3 Å². The Morgan fingerprint density at radius 1 is 0.929 bits per heavy atom. The summed E-state index contributed by atoms with van der Waals surface area (Å²) < 4.78 is 6.40. The van der Waals surface area contributed by atoms with Crippen LogP contribution in [0.1, 0.15) is 55.4 Å². The Hall–Kier alpha value is 0.106. The first kappa shape index (κ1) is 14.1. The molecule has 0 spiro atoms. The fraction of sp³-hybridized carbons (Fsp3) is 0.909. The molecule has 0 rings (SSSR count). The number of oxime groups is 1. The van der Waals surface area contributed by atoms with E-state index in [1.54, 1.807) is 0 Å². The molecule has 0 fully saturated rings. The van der Waals surface area contributed by atoms with E-state index >= 15 is 0 Å². The van der Waals surface area contributed by atoms with Crippen LogP contribution in [0.5, 0.6) is 0 Å². The van der Waals surface area contributed by atoms with E-state index in [-0.39, 0.29) is 0 Å². The van der Waals surface area contributed by atoms with Crippen LogP contribution in [0, 0.1) is 0 Å². The van der Waals surface area contributed by atoms with Crippen molar-refractivity contribution in [3.05, 3.63) is 0 Å². The zero-order valence-corrected chi connectivity index (χ0v) is 13.4. The first-order valence-corrected chi connectivity index (χ1v) is 8.63. The first-order chi connectivity index (χ1) is 6.05. The predicted molar refractivity (Wildman–Crippen MR) is 65.1 cm³/mol. The van der Waals surface area contributed by atoms with E-state index in [4.69, 9.17) is 3.63 Å². The second-order valence-corrected chi connectivity index (χ2v) is 15.6. The van der Waals surface area contributed by atoms with Gasteiger partial charge in [0, 0.05) is 0 Å². The molecule has 3 heteroatoms. The van der Waals surface area contributed by atoms with E-state index in [0.717, 1.165) is 5.71 Å². The van der Waals surface area contributed by atoms with Gasteiger partial charge in [0.15, 0.2) is 0 Å². The van der Waals surface area contributed by atoms with Gasteiger partial charge in [0.1, 0.15) is 0 Å². The number of nitrogens with zero attached hydrogens (tertiary/aromatic N) is 1. The van der Waals surface area contributed by atoms with E-state index < -0.39 is 16.6 Å². The van der Waals surface area contributed by atoms with Gasteiger partial charge in [-0.1, -0.05) is 0 Å². The summed E-state index contributed by atoms with van der Waals surface area (Å²) >= 11 is -1.87. The molecule has 0 heterocycles. The zero-order valence-electron chi connectivity index (χ0n) is 10.9. The Morgan fingerprint density at radius 3 is 1.50 bits per heavy atom. The van der Waals surface area contributed by atoms with Gasteiger partial charge in [0.2, 0.25) is 0 Å². The molecule has 0 saturated carbocycles. The number of rotatable bonds is 2. The maximum absolute atomic E-state index is 5.81. The summed E-state index contributed by atoms with van der Waals surface area (Å²) in [6.45, 7) is 17.6. The first-order valence-electron chi connectivity index (χ1n) is 5.22. The molecule has 0 aromatic carbocycles. The molecular weight excluding hydrogens is 232 g/mol. The van der Waals surface area contributed by atoms with Gasteiger partial charge in [-0.25, -0.2) is 0 Å². The van der Waals surface area contributed by atoms with Gasteiger partial charge in [-0.05, 0) is 0 Å². The summed E-state index contributed by atoms with van der Waals surface area (Å²) in [5.74, 6) is 0. The van der Waals surface area contributed by atoms with Crippen LogP contribution in [0.2, 0.25) is 7.94 Å². The van der Waals surface area contributed by atoms with Gasteiger partial charge in [-0.3, -0.25) is 0 Å². The van der Waals surface area contributed by atoms with Gasteiger partial charge in [-0.2, -0.15) is 0 Å². The van der Waals surface area contributed by atoms with Crippen molar-refractivity contribution < 1.29 is 3.63 Å². The van der Waals surface area contributed by atoms with Gasteiger partial charge in [0.05, 0.1) is 0 Å². The molecule has 2 nitrogen and oxygen atoms in total. The molecule has 0 radical (unpaired) electrons. The van der Waals surface area contributed by atoms with Crippen molar-refractivity contribution in [3.63, 3.8) is 0 Å². The van der Waals surface area contributed by atoms with E-state index in [2.05, 4.69) is 46.7 Å². The molecule has 82 valence electrons. The molecule has 0 atom stereocenters. The molecule has 0 unspecified atom stereocenters. The van der Waals surface area contributed by atoms with Crippen molar-refractivity contribution >= 4 is 22.3 Å². The van der Waals surface area contributed by atoms with E-state index in [1.165, 1.54) is 0 Å². The minimum atomic E-state index is -1.87. The molecule has 0 aliphatic carbocycles. The van der Waals surface area contributed by atoms with Gasteiger partial charge in [-0.15, -0.1) is 0 Å². The quantitative estimate of drug-likeness (QED) is 0.416. The molecule has 14 heavy (non-hydrogen) atoms. The minimum absolute atomic E-state index is 0.296. The van der Waals surface area contributed by atoms with Crippen LogP contribution in [-0.2, 0) is 3.63 Å². The summed E-state index contributed by atoms with van der Waals surface area (Å²) in [5, 5.41) is 4.16. The van der Waals surface area contributed by atoms with Gasteiger partial charge < -0.3 is 0 Å². The summed E-state index contributed by atoms with van der Waals surface area (Å²) in [7, 11) is 0. The molecule has 0 aliphatic heterocycles. The van der Waals surface area contributed by atoms with Crippen LogP contribution in [0.3, 0.4) is 0 Å². The Bertz CT molecular complexity index is 192. The van der Waals surface area contributed by atoms with Crippen molar-refractivity contribution in [3.8, 4) is 0 Å². The SMILES string of the molecule is CC(C)=N[O][Ga]([C](C)(C)C)[C](C)(C)C. The Labute approximate surface area is 94.5 Å². The number of hydrogen-bond acceptors (Lipinski definition) is 2. The average molecular weight is 256 g/mol. The van der Waals surface area contributed by atoms with Crippen LogP contribution in [0.15, 0.2) is 5.16 Å². The van der Waals surface area contributed by atoms with Crippen LogP contribution in [0.4, 0.5) is 0 Å². The van der Waals surface area contributed by atoms with Crippen molar-refractivity contribution in [1.29, 1.82) is 0 Å². The summed E-state index contributed by atoms with van der Waals surface area (Å²) in [5.41, 5.74) is 1.01. The van der Waals surface area contributed by atoms with E-state index in [1.807, 2.05) is 13.8 Å². The van der Waals surface area contributed by atoms with Crippen LogP contribution in [0.25, 0.3) is 0 Å². The summed E-state index contributed by atoms with van der Waals surface area (Å²) in [4.78, 5) is 0. The Kier molecular flexibility index (Phi) is 4.79. The van der Waals surface area contributed by atoms with Crippen molar-refractivity contribution in [2.75, 3.05) is 0 Å². The third-order valence-electron chi connectivity index (χ3n) is 1.91. The maximum atomic E-state index is 5.81. The Balaban J connectivity index is 4.69. The fourth-order valence-corrected chi connectivity index (χ4v) is 9.21. The average Bonchev–Trinajstić information content (AvgIpc) is 1.78. The van der Waals surface area contributed by atoms with E-state index in [0.29, 0.717) is 7.94 Å². The Morgan fingerprint density at radius 2 is 1.29 bits per heavy atom. The molecule has 0 aromatic rings. The van der Waals surface area contributed by atoms with E-state index in [9.17, 15) is 0 Å².